The van der Waals surface area contributed by atoms with Gasteiger partial charge in [0.1, 0.15) is 23.5 Å². The van der Waals surface area contributed by atoms with Crippen LogP contribution in [0.5, 0.6) is 0 Å². The number of aliphatic imine (C=N–C) groups is 1. The molecule has 3 aromatic rings. The second-order valence-electron chi connectivity index (χ2n) is 16.8. The Labute approximate surface area is 353 Å². The van der Waals surface area contributed by atoms with Gasteiger partial charge in [-0.15, -0.1) is 0 Å². The molecule has 320 valence electrons. The highest BCUT2D eigenvalue weighted by Crippen LogP contribution is 2.35. The first-order valence-electron chi connectivity index (χ1n) is 20.9. The van der Waals surface area contributed by atoms with Crippen LogP contribution in [0, 0.1) is 17.8 Å². The number of amidine groups is 1. The number of anilines is 1. The lowest BCUT2D eigenvalue weighted by atomic mass is 9.74. The summed E-state index contributed by atoms with van der Waals surface area (Å²) in [6, 6.07) is 22.8. The molecule has 2 fully saturated rings. The van der Waals surface area contributed by atoms with E-state index in [2.05, 4.69) is 32.8 Å². The number of nitrogens with zero attached hydrogens (tertiary/aromatic N) is 2. The zero-order valence-electron chi connectivity index (χ0n) is 35.7. The van der Waals surface area contributed by atoms with Crippen LogP contribution >= 0.6 is 0 Å². The number of hydrogen-bond donors (Lipinski definition) is 4. The van der Waals surface area contributed by atoms with Crippen molar-refractivity contribution in [1.29, 1.82) is 0 Å². The van der Waals surface area contributed by atoms with Gasteiger partial charge in [-0.05, 0) is 81.2 Å². The molecule has 2 aliphatic rings. The second kappa shape index (κ2) is 20.8. The first-order valence-corrected chi connectivity index (χ1v) is 20.9. The molecule has 5 rings (SSSR count). The highest BCUT2D eigenvalue weighted by Gasteiger charge is 2.40. The molecule has 60 heavy (non-hydrogen) atoms. The summed E-state index contributed by atoms with van der Waals surface area (Å²) in [6.07, 6.45) is 4.59. The Balaban J connectivity index is 1.22. The first-order chi connectivity index (χ1) is 28.7. The van der Waals surface area contributed by atoms with Crippen LogP contribution in [-0.2, 0) is 23.9 Å². The van der Waals surface area contributed by atoms with Gasteiger partial charge in [0.25, 0.3) is 0 Å². The summed E-state index contributed by atoms with van der Waals surface area (Å²) in [4.78, 5) is 72.6. The Morgan fingerprint density at radius 1 is 0.833 bits per heavy atom. The average Bonchev–Trinajstić information content (AvgIpc) is 3.71. The Morgan fingerprint density at radius 2 is 1.47 bits per heavy atom. The molecule has 5 atom stereocenters. The number of rotatable bonds is 14. The molecule has 0 aromatic heterocycles. The molecule has 1 heterocycles. The number of ketones is 1. The fourth-order valence-electron chi connectivity index (χ4n) is 7.93. The van der Waals surface area contributed by atoms with Gasteiger partial charge in [-0.3, -0.25) is 14.4 Å². The number of likely N-dealkylation sites (tertiary alicyclic amines) is 1. The fourth-order valence-corrected chi connectivity index (χ4v) is 7.93. The van der Waals surface area contributed by atoms with E-state index >= 15 is 0 Å². The van der Waals surface area contributed by atoms with Crippen LogP contribution in [-0.4, -0.2) is 78.4 Å². The summed E-state index contributed by atoms with van der Waals surface area (Å²) in [7, 11) is 1.28. The first kappa shape index (κ1) is 45.1. The molecular weight excluding hydrogens is 761 g/mol. The third-order valence-corrected chi connectivity index (χ3v) is 11.0. The van der Waals surface area contributed by atoms with Crippen molar-refractivity contribution in [3.05, 3.63) is 103 Å². The number of nitrogens with one attached hydrogen (secondary N) is 4. The van der Waals surface area contributed by atoms with Gasteiger partial charge < -0.3 is 35.6 Å². The minimum atomic E-state index is -0.950. The van der Waals surface area contributed by atoms with Crippen LogP contribution in [0.15, 0.2) is 96.6 Å². The lowest BCUT2D eigenvalue weighted by Crippen LogP contribution is -2.54. The molecule has 13 heteroatoms. The molecule has 0 bridgehead atoms. The van der Waals surface area contributed by atoms with E-state index in [4.69, 9.17) is 9.47 Å². The standard InChI is InChI=1S/C47H60N6O7/c1-8-48-42(49-29-36-17-14-28-53(36)44(56)39(30(2)3)51-45(57)59-7)34-22-20-31(21-23-34)32-24-26-35(27-25-32)50-43(55)38-19-13-12-18-37(38)41(54)40(33-15-10-9-11-16-33)52-46(58)60-47(4,5)6/h8-11,15-16,20-27,30,36-40H,1,12-14,17-19,28-29H2,2-7H3,(H,48,49)(H,50,55)(H,51,57)(H,52,58)/t36-,37?,38-,39-,40+/m0/s1. The maximum Gasteiger partial charge on any atom is 0.408 e. The van der Waals surface area contributed by atoms with E-state index in [-0.39, 0.29) is 29.6 Å². The quantitative estimate of drug-likeness (QED) is 0.0945. The predicted octanol–water partition coefficient (Wildman–Crippen LogP) is 7.78. The number of benzene rings is 3. The van der Waals surface area contributed by atoms with Crippen molar-refractivity contribution in [3.63, 3.8) is 0 Å². The van der Waals surface area contributed by atoms with Gasteiger partial charge in [0, 0.05) is 48.4 Å². The SMILES string of the molecule is C=C/N=C(\NC[C@@H]1CCCN1C(=O)[C@@H](NC(=O)OC)C(C)C)c1ccc(-c2ccc(NC(=O)[C@H]3CCCCC3C(=O)[C@H](NC(=O)OC(C)(C)C)c3ccccc3)cc2)cc1. The van der Waals surface area contributed by atoms with Gasteiger partial charge in [0.05, 0.1) is 7.11 Å². The highest BCUT2D eigenvalue weighted by atomic mass is 16.6. The number of carbonyl (C=O) groups excluding carboxylic acids is 5. The van der Waals surface area contributed by atoms with E-state index in [1.54, 1.807) is 32.9 Å². The van der Waals surface area contributed by atoms with Crippen molar-refractivity contribution in [3.8, 4) is 11.1 Å². The largest absolute Gasteiger partial charge is 0.453 e. The van der Waals surface area contributed by atoms with Crippen molar-refractivity contribution in [2.75, 3.05) is 25.5 Å². The van der Waals surface area contributed by atoms with Gasteiger partial charge in [0.15, 0.2) is 5.78 Å². The third kappa shape index (κ3) is 12.0. The molecule has 1 aliphatic carbocycles. The summed E-state index contributed by atoms with van der Waals surface area (Å²) in [5.41, 5.74) is 3.27. The zero-order chi connectivity index (χ0) is 43.4. The molecule has 3 aromatic carbocycles. The van der Waals surface area contributed by atoms with Gasteiger partial charge in [-0.25, -0.2) is 14.6 Å². The molecule has 0 spiro atoms. The maximum atomic E-state index is 14.2. The van der Waals surface area contributed by atoms with Crippen LogP contribution in [0.3, 0.4) is 0 Å². The van der Waals surface area contributed by atoms with Crippen molar-refractivity contribution in [1.82, 2.24) is 20.9 Å². The number of hydrogen-bond acceptors (Lipinski definition) is 8. The van der Waals surface area contributed by atoms with Gasteiger partial charge in [-0.1, -0.05) is 100.0 Å². The topological polar surface area (TPSA) is 168 Å². The van der Waals surface area contributed by atoms with Crippen LogP contribution in [0.2, 0.25) is 0 Å². The Hall–Kier alpha value is -5.98. The fraction of sp³-hybridized carbons (Fsp3) is 0.447. The van der Waals surface area contributed by atoms with E-state index in [0.717, 1.165) is 42.4 Å². The van der Waals surface area contributed by atoms with E-state index in [1.807, 2.05) is 85.5 Å². The number of amides is 4. The number of Topliss-reactive ketones (excluding diaryl/α,β-unsaturated/α-hetero) is 1. The highest BCUT2D eigenvalue weighted by molar-refractivity contribution is 6.00. The number of carbonyl (C=O) groups is 5. The molecule has 4 N–H and O–H groups in total. The van der Waals surface area contributed by atoms with E-state index in [0.29, 0.717) is 43.0 Å². The van der Waals surface area contributed by atoms with Crippen LogP contribution < -0.4 is 21.3 Å². The van der Waals surface area contributed by atoms with E-state index < -0.39 is 41.7 Å². The Bertz CT molecular complexity index is 1990. The lowest BCUT2D eigenvalue weighted by molar-refractivity contribution is -0.135. The normalized spacial score (nSPS) is 19.1. The molecule has 0 radical (unpaired) electrons. The van der Waals surface area contributed by atoms with Crippen LogP contribution in [0.1, 0.15) is 90.3 Å². The number of alkyl carbamates (subject to hydrolysis) is 2. The molecule has 1 aliphatic heterocycles. The van der Waals surface area contributed by atoms with Crippen molar-refractivity contribution in [2.45, 2.75) is 96.9 Å². The molecule has 13 nitrogen and oxygen atoms in total. The smallest absolute Gasteiger partial charge is 0.408 e. The summed E-state index contributed by atoms with van der Waals surface area (Å²) < 4.78 is 10.2. The van der Waals surface area contributed by atoms with Gasteiger partial charge in [0.2, 0.25) is 11.8 Å². The third-order valence-electron chi connectivity index (χ3n) is 11.0. The minimum absolute atomic E-state index is 0.0802. The second-order valence-corrected chi connectivity index (χ2v) is 16.8. The zero-order valence-corrected chi connectivity index (χ0v) is 35.7. The molecule has 1 saturated heterocycles. The minimum Gasteiger partial charge on any atom is -0.453 e. The summed E-state index contributed by atoms with van der Waals surface area (Å²) in [5.74, 6) is -1.18. The lowest BCUT2D eigenvalue weighted by Gasteiger charge is -2.32. The average molecular weight is 821 g/mol. The Morgan fingerprint density at radius 3 is 2.07 bits per heavy atom. The number of methoxy groups -OCH3 is 1. The molecule has 4 amide bonds. The summed E-state index contributed by atoms with van der Waals surface area (Å²) >= 11 is 0. The van der Waals surface area contributed by atoms with Gasteiger partial charge in [-0.2, -0.15) is 0 Å². The van der Waals surface area contributed by atoms with Crippen molar-refractivity contribution < 1.29 is 33.4 Å². The van der Waals surface area contributed by atoms with Crippen LogP contribution in [0.25, 0.3) is 11.1 Å². The van der Waals surface area contributed by atoms with Crippen LogP contribution in [0.4, 0.5) is 15.3 Å². The van der Waals surface area contributed by atoms with Gasteiger partial charge >= 0.3 is 12.2 Å². The summed E-state index contributed by atoms with van der Waals surface area (Å²) in [6.45, 7) is 14.0. The Kier molecular flexibility index (Phi) is 15.7. The molecule has 1 unspecified atom stereocenters. The predicted molar refractivity (Wildman–Crippen MR) is 233 cm³/mol. The van der Waals surface area contributed by atoms with E-state index in [9.17, 15) is 24.0 Å². The molecule has 1 saturated carbocycles. The van der Waals surface area contributed by atoms with Crippen molar-refractivity contribution >= 4 is 41.3 Å². The maximum absolute atomic E-state index is 14.2. The van der Waals surface area contributed by atoms with Crippen molar-refractivity contribution in [2.24, 2.45) is 22.7 Å². The summed E-state index contributed by atoms with van der Waals surface area (Å²) in [5, 5.41) is 11.9. The molecular formula is C47H60N6O7. The monoisotopic (exact) mass is 820 g/mol. The van der Waals surface area contributed by atoms with E-state index in [1.165, 1.54) is 13.3 Å². The number of ether oxygens (including phenoxy) is 2.